The van der Waals surface area contributed by atoms with Crippen LogP contribution in [-0.2, 0) is 4.74 Å². The maximum Gasteiger partial charge on any atom is 0.407 e. The van der Waals surface area contributed by atoms with E-state index in [9.17, 15) is 4.79 Å². The first-order chi connectivity index (χ1) is 16.2. The van der Waals surface area contributed by atoms with Crippen LogP contribution >= 0.6 is 0 Å². The molecule has 8 unspecified atom stereocenters. The predicted octanol–water partition coefficient (Wildman–Crippen LogP) is 8.53. The van der Waals surface area contributed by atoms with Crippen molar-refractivity contribution in [2.75, 3.05) is 6.54 Å². The van der Waals surface area contributed by atoms with Crippen LogP contribution in [0.2, 0.25) is 0 Å². The summed E-state index contributed by atoms with van der Waals surface area (Å²) in [6, 6.07) is 0. The molecule has 0 saturated heterocycles. The number of allylic oxidation sites excluding steroid dienone is 1. The fourth-order valence-corrected chi connectivity index (χ4v) is 9.17. The van der Waals surface area contributed by atoms with Crippen molar-refractivity contribution < 1.29 is 9.53 Å². The van der Waals surface area contributed by atoms with Gasteiger partial charge in [-0.25, -0.2) is 4.79 Å². The minimum absolute atomic E-state index is 0.0594. The molecule has 3 heteroatoms. The highest BCUT2D eigenvalue weighted by Crippen LogP contribution is 2.67. The van der Waals surface area contributed by atoms with Crippen LogP contribution in [-0.4, -0.2) is 18.7 Å². The Bertz CT molecular complexity index is 744. The molecule has 4 aliphatic rings. The van der Waals surface area contributed by atoms with Gasteiger partial charge in [0.15, 0.2) is 0 Å². The Morgan fingerprint density at radius 2 is 1.88 bits per heavy atom. The van der Waals surface area contributed by atoms with Gasteiger partial charge in [-0.1, -0.05) is 72.5 Å². The molecule has 34 heavy (non-hydrogen) atoms. The Morgan fingerprint density at radius 3 is 2.62 bits per heavy atom. The maximum absolute atomic E-state index is 12.1. The molecule has 0 radical (unpaired) electrons. The third-order valence-corrected chi connectivity index (χ3v) is 11.1. The van der Waals surface area contributed by atoms with Crippen molar-refractivity contribution in [1.82, 2.24) is 5.32 Å². The van der Waals surface area contributed by atoms with Crippen LogP contribution in [0.1, 0.15) is 119 Å². The Hall–Kier alpha value is -0.990. The molecule has 0 aliphatic heterocycles. The highest BCUT2D eigenvalue weighted by atomic mass is 16.6. The normalized spacial score (nSPS) is 40.1. The van der Waals surface area contributed by atoms with E-state index in [2.05, 4.69) is 52.9 Å². The Kier molecular flexibility index (Phi) is 8.10. The van der Waals surface area contributed by atoms with E-state index in [1.807, 2.05) is 0 Å². The molecule has 1 amide bonds. The van der Waals surface area contributed by atoms with Gasteiger partial charge in [0.1, 0.15) is 6.10 Å². The van der Waals surface area contributed by atoms with E-state index in [-0.39, 0.29) is 12.2 Å². The number of nitrogens with one attached hydrogen (secondary N) is 1. The average Bonchev–Trinajstić information content (AvgIpc) is 3.15. The van der Waals surface area contributed by atoms with Gasteiger partial charge >= 0.3 is 6.09 Å². The zero-order chi connectivity index (χ0) is 24.5. The number of rotatable bonds is 8. The first-order valence-electron chi connectivity index (χ1n) is 14.8. The first kappa shape index (κ1) is 26.1. The number of carbonyl (C=O) groups is 1. The van der Waals surface area contributed by atoms with Crippen molar-refractivity contribution in [3.05, 3.63) is 11.6 Å². The molecule has 4 aliphatic carbocycles. The van der Waals surface area contributed by atoms with Crippen LogP contribution < -0.4 is 5.32 Å². The molecular weight excluding hydrogens is 418 g/mol. The second-order valence-electron chi connectivity index (χ2n) is 13.5. The number of ether oxygens (including phenoxy) is 1. The molecule has 0 spiro atoms. The molecule has 0 aromatic heterocycles. The zero-order valence-electron chi connectivity index (χ0n) is 23.1. The molecule has 3 saturated carbocycles. The highest BCUT2D eigenvalue weighted by Gasteiger charge is 2.59. The number of hydrogen-bond donors (Lipinski definition) is 1. The third-order valence-electron chi connectivity index (χ3n) is 11.1. The third kappa shape index (κ3) is 4.96. The fraction of sp³-hybridized carbons (Fsp3) is 0.903. The summed E-state index contributed by atoms with van der Waals surface area (Å²) < 4.78 is 5.81. The van der Waals surface area contributed by atoms with Crippen molar-refractivity contribution in [3.63, 3.8) is 0 Å². The molecule has 1 N–H and O–H groups in total. The SMILES string of the molecule is CCCNC(=O)OC1CCC2(C)C(=CCC3C2CCC2(C)C(C(C)CCCC(C)C)CCC32)C1. The van der Waals surface area contributed by atoms with E-state index in [0.29, 0.717) is 17.4 Å². The molecule has 0 bridgehead atoms. The van der Waals surface area contributed by atoms with Crippen LogP contribution in [0.5, 0.6) is 0 Å². The lowest BCUT2D eigenvalue weighted by Gasteiger charge is -2.58. The molecule has 194 valence electrons. The van der Waals surface area contributed by atoms with Crippen molar-refractivity contribution in [3.8, 4) is 0 Å². The largest absolute Gasteiger partial charge is 0.446 e. The number of carbonyl (C=O) groups excluding carboxylic acids is 1. The molecule has 3 nitrogen and oxygen atoms in total. The zero-order valence-corrected chi connectivity index (χ0v) is 23.1. The summed E-state index contributed by atoms with van der Waals surface area (Å²) in [7, 11) is 0. The van der Waals surface area contributed by atoms with Gasteiger partial charge < -0.3 is 10.1 Å². The summed E-state index contributed by atoms with van der Waals surface area (Å²) in [4.78, 5) is 12.1. The van der Waals surface area contributed by atoms with Gasteiger partial charge in [-0.05, 0) is 97.7 Å². The van der Waals surface area contributed by atoms with Crippen molar-refractivity contribution in [1.29, 1.82) is 0 Å². The van der Waals surface area contributed by atoms with Crippen molar-refractivity contribution in [2.24, 2.45) is 46.3 Å². The molecular formula is C31H53NO2. The lowest BCUT2D eigenvalue weighted by atomic mass is 9.47. The topological polar surface area (TPSA) is 38.3 Å². The van der Waals surface area contributed by atoms with Gasteiger partial charge in [0.05, 0.1) is 0 Å². The van der Waals surface area contributed by atoms with Crippen LogP contribution in [0.4, 0.5) is 4.79 Å². The first-order valence-corrected chi connectivity index (χ1v) is 14.8. The van der Waals surface area contributed by atoms with E-state index in [1.165, 1.54) is 57.8 Å². The lowest BCUT2D eigenvalue weighted by molar-refractivity contribution is -0.0581. The van der Waals surface area contributed by atoms with E-state index >= 15 is 0 Å². The summed E-state index contributed by atoms with van der Waals surface area (Å²) in [5.41, 5.74) is 2.48. The van der Waals surface area contributed by atoms with Gasteiger partial charge in [0.25, 0.3) is 0 Å². The Morgan fingerprint density at radius 1 is 1.09 bits per heavy atom. The summed E-state index contributed by atoms with van der Waals surface area (Å²) in [5.74, 6) is 5.25. The maximum atomic E-state index is 12.1. The second-order valence-corrected chi connectivity index (χ2v) is 13.5. The second kappa shape index (κ2) is 10.6. The van der Waals surface area contributed by atoms with E-state index in [4.69, 9.17) is 4.74 Å². The number of hydrogen-bond acceptors (Lipinski definition) is 2. The van der Waals surface area contributed by atoms with Crippen LogP contribution in [0.25, 0.3) is 0 Å². The molecule has 0 heterocycles. The summed E-state index contributed by atoms with van der Waals surface area (Å²) in [5, 5.41) is 2.89. The van der Waals surface area contributed by atoms with Gasteiger partial charge in [-0.15, -0.1) is 0 Å². The van der Waals surface area contributed by atoms with Crippen LogP contribution in [0, 0.1) is 46.3 Å². The molecule has 8 atom stereocenters. The highest BCUT2D eigenvalue weighted by molar-refractivity contribution is 5.67. The monoisotopic (exact) mass is 471 g/mol. The van der Waals surface area contributed by atoms with E-state index in [0.717, 1.165) is 54.8 Å². The van der Waals surface area contributed by atoms with Gasteiger partial charge in [-0.2, -0.15) is 0 Å². The quantitative estimate of drug-likeness (QED) is 0.360. The van der Waals surface area contributed by atoms with Gasteiger partial charge in [-0.3, -0.25) is 0 Å². The van der Waals surface area contributed by atoms with Gasteiger partial charge in [0, 0.05) is 13.0 Å². The average molecular weight is 472 g/mol. The molecule has 4 rings (SSSR count). The number of fused-ring (bicyclic) bond motifs is 5. The minimum atomic E-state index is -0.224. The van der Waals surface area contributed by atoms with Crippen molar-refractivity contribution in [2.45, 2.75) is 125 Å². The minimum Gasteiger partial charge on any atom is -0.446 e. The summed E-state index contributed by atoms with van der Waals surface area (Å²) in [6.45, 7) is 15.3. The van der Waals surface area contributed by atoms with Crippen LogP contribution in [0.15, 0.2) is 11.6 Å². The van der Waals surface area contributed by atoms with E-state index < -0.39 is 0 Å². The summed E-state index contributed by atoms with van der Waals surface area (Å²) >= 11 is 0. The fourth-order valence-electron chi connectivity index (χ4n) is 9.17. The standard InChI is InChI=1S/C31H53NO2/c1-7-19-32-29(33)34-24-15-17-30(5)23(20-24)11-12-25-27-14-13-26(22(4)10-8-9-21(2)3)31(27,6)18-16-28(25)30/h11,21-22,24-28H,7-10,12-20H2,1-6H3,(H,32,33). The summed E-state index contributed by atoms with van der Waals surface area (Å²) in [6.07, 6.45) is 17.8. The Balaban J connectivity index is 1.41. The van der Waals surface area contributed by atoms with E-state index in [1.54, 1.807) is 5.57 Å². The Labute approximate surface area is 210 Å². The number of alkyl carbamates (subject to hydrolysis) is 1. The number of amides is 1. The van der Waals surface area contributed by atoms with Gasteiger partial charge in [0.2, 0.25) is 0 Å². The van der Waals surface area contributed by atoms with Crippen LogP contribution in [0.3, 0.4) is 0 Å². The predicted molar refractivity (Wildman–Crippen MR) is 142 cm³/mol. The molecule has 0 aromatic carbocycles. The molecule has 3 fully saturated rings. The molecule has 0 aromatic rings. The smallest absolute Gasteiger partial charge is 0.407 e. The van der Waals surface area contributed by atoms with Crippen molar-refractivity contribution >= 4 is 6.09 Å². The lowest BCUT2D eigenvalue weighted by Crippen LogP contribution is -2.51.